The fourth-order valence-electron chi connectivity index (χ4n) is 3.63. The van der Waals surface area contributed by atoms with E-state index in [1.165, 1.54) is 6.07 Å². The van der Waals surface area contributed by atoms with E-state index in [1.807, 2.05) is 25.1 Å². The van der Waals surface area contributed by atoms with Gasteiger partial charge in [-0.1, -0.05) is 31.0 Å². The molecule has 1 aliphatic carbocycles. The first-order chi connectivity index (χ1) is 12.9. The van der Waals surface area contributed by atoms with Gasteiger partial charge in [-0.2, -0.15) is 0 Å². The Bertz CT molecular complexity index is 862. The summed E-state index contributed by atoms with van der Waals surface area (Å²) in [4.78, 5) is 25.0. The zero-order valence-corrected chi connectivity index (χ0v) is 17.2. The van der Waals surface area contributed by atoms with Gasteiger partial charge in [0.15, 0.2) is 6.61 Å². The van der Waals surface area contributed by atoms with E-state index in [4.69, 9.17) is 4.74 Å². The third-order valence-corrected chi connectivity index (χ3v) is 5.71. The molecule has 0 bridgehead atoms. The number of rotatable bonds is 5. The lowest BCUT2D eigenvalue weighted by atomic mass is 9.78. The van der Waals surface area contributed by atoms with E-state index in [1.54, 1.807) is 18.2 Å². The number of hydrogen-bond acceptors (Lipinski definition) is 3. The van der Waals surface area contributed by atoms with Gasteiger partial charge >= 0.3 is 5.97 Å². The molecular weight excluding hydrogens is 460 g/mol. The Morgan fingerprint density at radius 3 is 2.56 bits per heavy atom. The Morgan fingerprint density at radius 2 is 1.89 bits per heavy atom. The number of ether oxygens (including phenoxy) is 1. The van der Waals surface area contributed by atoms with Crippen LogP contribution in [0.15, 0.2) is 42.5 Å². The number of nitrogens with one attached hydrogen (secondary N) is 1. The summed E-state index contributed by atoms with van der Waals surface area (Å²) in [5, 5.41) is 2.75. The van der Waals surface area contributed by atoms with Crippen molar-refractivity contribution in [3.63, 3.8) is 0 Å². The first kappa shape index (κ1) is 19.8. The minimum Gasteiger partial charge on any atom is -0.455 e. The van der Waals surface area contributed by atoms with E-state index in [0.717, 1.165) is 22.0 Å². The monoisotopic (exact) mass is 481 g/mol. The van der Waals surface area contributed by atoms with Crippen LogP contribution in [0.3, 0.4) is 0 Å². The molecule has 0 saturated heterocycles. The molecule has 0 unspecified atom stereocenters. The topological polar surface area (TPSA) is 55.4 Å². The highest BCUT2D eigenvalue weighted by Crippen LogP contribution is 2.43. The van der Waals surface area contributed by atoms with Gasteiger partial charge in [-0.3, -0.25) is 9.59 Å². The van der Waals surface area contributed by atoms with Gasteiger partial charge < -0.3 is 10.1 Å². The molecule has 0 aliphatic heterocycles. The zero-order valence-electron chi connectivity index (χ0n) is 15.1. The van der Waals surface area contributed by atoms with Crippen molar-refractivity contribution in [2.75, 3.05) is 11.9 Å². The van der Waals surface area contributed by atoms with Crippen LogP contribution in [-0.4, -0.2) is 18.5 Å². The molecule has 1 fully saturated rings. The van der Waals surface area contributed by atoms with Crippen LogP contribution < -0.4 is 5.32 Å². The third kappa shape index (κ3) is 4.31. The Balaban J connectivity index is 1.68. The summed E-state index contributed by atoms with van der Waals surface area (Å²) in [6.45, 7) is 1.51. The Labute approximate surface area is 171 Å². The van der Waals surface area contributed by atoms with Crippen molar-refractivity contribution in [2.24, 2.45) is 0 Å². The zero-order chi connectivity index (χ0) is 19.4. The molecule has 6 heteroatoms. The number of esters is 1. The van der Waals surface area contributed by atoms with Crippen LogP contribution in [0, 0.1) is 16.3 Å². The molecule has 27 heavy (non-hydrogen) atoms. The Kier molecular flexibility index (Phi) is 6.14. The summed E-state index contributed by atoms with van der Waals surface area (Å²) in [5.41, 5.74) is 0.979. The van der Waals surface area contributed by atoms with E-state index in [-0.39, 0.29) is 6.61 Å². The lowest BCUT2D eigenvalue weighted by molar-refractivity contribution is -0.153. The summed E-state index contributed by atoms with van der Waals surface area (Å²) in [5.74, 6) is -1.34. The average Bonchev–Trinajstić information content (AvgIpc) is 3.13. The second-order valence-electron chi connectivity index (χ2n) is 6.85. The number of hydrogen-bond donors (Lipinski definition) is 1. The summed E-state index contributed by atoms with van der Waals surface area (Å²) in [6.07, 6.45) is 2.73. The maximum atomic E-state index is 14.3. The van der Waals surface area contributed by atoms with Gasteiger partial charge in [0.1, 0.15) is 5.82 Å². The van der Waals surface area contributed by atoms with Gasteiger partial charge in [0.2, 0.25) is 0 Å². The lowest BCUT2D eigenvalue weighted by Crippen LogP contribution is -2.37. The standard InChI is InChI=1S/C21H21FINO3/c1-14-12-15(23)8-9-18(14)24-19(25)13-27-20(26)21(10-4-5-11-21)16-6-2-3-7-17(16)22/h2-3,6-9,12H,4-5,10-11,13H2,1H3,(H,24,25). The summed E-state index contributed by atoms with van der Waals surface area (Å²) in [6, 6.07) is 12.0. The van der Waals surface area contributed by atoms with Crippen LogP contribution in [-0.2, 0) is 19.7 Å². The number of carbonyl (C=O) groups excluding carboxylic acids is 2. The molecule has 0 radical (unpaired) electrons. The molecule has 1 amide bonds. The van der Waals surface area contributed by atoms with Crippen molar-refractivity contribution in [3.05, 3.63) is 63.0 Å². The fourth-order valence-corrected chi connectivity index (χ4v) is 4.28. The van der Waals surface area contributed by atoms with Gasteiger partial charge in [0, 0.05) is 14.8 Å². The molecule has 1 N–H and O–H groups in total. The summed E-state index contributed by atoms with van der Waals surface area (Å²) < 4.78 is 20.7. The Hall–Kier alpha value is -1.96. The van der Waals surface area contributed by atoms with Crippen LogP contribution >= 0.6 is 22.6 Å². The maximum absolute atomic E-state index is 14.3. The SMILES string of the molecule is Cc1cc(I)ccc1NC(=O)COC(=O)C1(c2ccccc2F)CCCC1. The smallest absolute Gasteiger partial charge is 0.317 e. The van der Waals surface area contributed by atoms with Crippen LogP contribution in [0.5, 0.6) is 0 Å². The lowest BCUT2D eigenvalue weighted by Gasteiger charge is -2.27. The van der Waals surface area contributed by atoms with Crippen molar-refractivity contribution in [1.29, 1.82) is 0 Å². The number of carbonyl (C=O) groups is 2. The predicted octanol–water partition coefficient (Wildman–Crippen LogP) is 4.73. The van der Waals surface area contributed by atoms with Gasteiger partial charge in [-0.05, 0) is 72.2 Å². The molecule has 0 spiro atoms. The number of amides is 1. The van der Waals surface area contributed by atoms with Crippen LogP contribution in [0.4, 0.5) is 10.1 Å². The van der Waals surface area contributed by atoms with E-state index in [9.17, 15) is 14.0 Å². The summed E-state index contributed by atoms with van der Waals surface area (Å²) >= 11 is 2.20. The molecule has 0 aromatic heterocycles. The van der Waals surface area contributed by atoms with Crippen LogP contribution in [0.25, 0.3) is 0 Å². The molecule has 2 aromatic rings. The van der Waals surface area contributed by atoms with E-state index >= 15 is 0 Å². The highest BCUT2D eigenvalue weighted by Gasteiger charge is 2.45. The van der Waals surface area contributed by atoms with Crippen molar-refractivity contribution in [3.8, 4) is 0 Å². The van der Waals surface area contributed by atoms with Crippen molar-refractivity contribution >= 4 is 40.2 Å². The average molecular weight is 481 g/mol. The normalized spacial score (nSPS) is 15.4. The molecule has 2 aromatic carbocycles. The highest BCUT2D eigenvalue weighted by atomic mass is 127. The number of halogens is 2. The van der Waals surface area contributed by atoms with Gasteiger partial charge in [-0.25, -0.2) is 4.39 Å². The van der Waals surface area contributed by atoms with Crippen LogP contribution in [0.2, 0.25) is 0 Å². The van der Waals surface area contributed by atoms with E-state index in [0.29, 0.717) is 24.1 Å². The summed E-state index contributed by atoms with van der Waals surface area (Å²) in [7, 11) is 0. The molecule has 142 valence electrons. The molecule has 3 rings (SSSR count). The molecular formula is C21H21FINO3. The first-order valence-corrected chi connectivity index (χ1v) is 9.98. The minimum absolute atomic E-state index is 0.362. The molecule has 0 atom stereocenters. The highest BCUT2D eigenvalue weighted by molar-refractivity contribution is 14.1. The van der Waals surface area contributed by atoms with E-state index in [2.05, 4.69) is 27.9 Å². The van der Waals surface area contributed by atoms with Gasteiger partial charge in [-0.15, -0.1) is 0 Å². The number of anilines is 1. The van der Waals surface area contributed by atoms with Crippen molar-refractivity contribution in [1.82, 2.24) is 0 Å². The van der Waals surface area contributed by atoms with Gasteiger partial charge in [0.05, 0.1) is 5.41 Å². The van der Waals surface area contributed by atoms with Crippen molar-refractivity contribution in [2.45, 2.75) is 38.0 Å². The second kappa shape index (κ2) is 8.37. The second-order valence-corrected chi connectivity index (χ2v) is 8.10. The number of benzene rings is 2. The van der Waals surface area contributed by atoms with E-state index < -0.39 is 23.1 Å². The maximum Gasteiger partial charge on any atom is 0.317 e. The molecule has 1 saturated carbocycles. The van der Waals surface area contributed by atoms with Crippen molar-refractivity contribution < 1.29 is 18.7 Å². The minimum atomic E-state index is -0.996. The van der Waals surface area contributed by atoms with Crippen LogP contribution in [0.1, 0.15) is 36.8 Å². The first-order valence-electron chi connectivity index (χ1n) is 8.91. The Morgan fingerprint density at radius 1 is 1.19 bits per heavy atom. The quantitative estimate of drug-likeness (QED) is 0.497. The molecule has 1 aliphatic rings. The largest absolute Gasteiger partial charge is 0.455 e. The molecule has 4 nitrogen and oxygen atoms in total. The van der Waals surface area contributed by atoms with Gasteiger partial charge in [0.25, 0.3) is 5.91 Å². The molecule has 0 heterocycles. The fraction of sp³-hybridized carbons (Fsp3) is 0.333. The number of aryl methyl sites for hydroxylation is 1. The predicted molar refractivity (Wildman–Crippen MR) is 110 cm³/mol. The third-order valence-electron chi connectivity index (χ3n) is 5.03.